The summed E-state index contributed by atoms with van der Waals surface area (Å²) in [6.07, 6.45) is 2.64. The van der Waals surface area contributed by atoms with Gasteiger partial charge in [-0.1, -0.05) is 42.5 Å². The molecule has 1 amide bonds. The van der Waals surface area contributed by atoms with Crippen LogP contribution in [0, 0.1) is 6.92 Å². The molecule has 1 heterocycles. The first-order valence-corrected chi connectivity index (χ1v) is 12.6. The molecular formula is C30H34N2O6. The van der Waals surface area contributed by atoms with Crippen LogP contribution in [0.2, 0.25) is 0 Å². The lowest BCUT2D eigenvalue weighted by Crippen LogP contribution is -2.42. The molecule has 0 saturated heterocycles. The lowest BCUT2D eigenvalue weighted by molar-refractivity contribution is -0.139. The molecule has 2 unspecified atom stereocenters. The SMILES string of the molecule is CCOCC1=CC(OC)=C(c2ccc(CC(NC(=O)c3[nH]c4ccccc4c3C)C(=O)O)cc2)C(OC)C1. The van der Waals surface area contributed by atoms with E-state index in [0.29, 0.717) is 25.3 Å². The minimum absolute atomic E-state index is 0.142. The first-order chi connectivity index (χ1) is 18.4. The normalized spacial score (nSPS) is 16.3. The lowest BCUT2D eigenvalue weighted by Gasteiger charge is -2.27. The highest BCUT2D eigenvalue weighted by Crippen LogP contribution is 2.34. The zero-order valence-corrected chi connectivity index (χ0v) is 22.2. The molecule has 0 aliphatic heterocycles. The summed E-state index contributed by atoms with van der Waals surface area (Å²) in [5.41, 5.74) is 5.72. The van der Waals surface area contributed by atoms with Gasteiger partial charge in [0.25, 0.3) is 5.91 Å². The van der Waals surface area contributed by atoms with Gasteiger partial charge < -0.3 is 29.6 Å². The molecule has 2 atom stereocenters. The van der Waals surface area contributed by atoms with E-state index in [1.54, 1.807) is 14.2 Å². The minimum atomic E-state index is -1.10. The van der Waals surface area contributed by atoms with Crippen molar-refractivity contribution in [3.63, 3.8) is 0 Å². The first kappa shape index (κ1) is 27.2. The second-order valence-corrected chi connectivity index (χ2v) is 9.29. The molecule has 0 saturated carbocycles. The predicted octanol–water partition coefficient (Wildman–Crippen LogP) is 4.64. The third kappa shape index (κ3) is 5.82. The number of aromatic nitrogens is 1. The third-order valence-corrected chi connectivity index (χ3v) is 6.87. The molecule has 2 aromatic carbocycles. The van der Waals surface area contributed by atoms with Crippen molar-refractivity contribution in [3.05, 3.63) is 88.3 Å². The zero-order chi connectivity index (χ0) is 27.2. The molecule has 8 nitrogen and oxygen atoms in total. The van der Waals surface area contributed by atoms with E-state index in [0.717, 1.165) is 44.5 Å². The quantitative estimate of drug-likeness (QED) is 0.341. The number of fused-ring (bicyclic) bond motifs is 1. The molecule has 0 spiro atoms. The number of allylic oxidation sites excluding steroid dienone is 1. The highest BCUT2D eigenvalue weighted by atomic mass is 16.5. The number of benzene rings is 2. The lowest BCUT2D eigenvalue weighted by atomic mass is 9.88. The number of methoxy groups -OCH3 is 2. The van der Waals surface area contributed by atoms with Crippen molar-refractivity contribution in [3.8, 4) is 0 Å². The van der Waals surface area contributed by atoms with Crippen molar-refractivity contribution < 1.29 is 28.9 Å². The van der Waals surface area contributed by atoms with E-state index in [9.17, 15) is 14.7 Å². The van der Waals surface area contributed by atoms with Crippen LogP contribution in [0.15, 0.2) is 65.9 Å². The number of rotatable bonds is 11. The topological polar surface area (TPSA) is 110 Å². The number of aliphatic carboxylic acids is 1. The molecule has 200 valence electrons. The largest absolute Gasteiger partial charge is 0.496 e. The summed E-state index contributed by atoms with van der Waals surface area (Å²) < 4.78 is 17.0. The van der Waals surface area contributed by atoms with E-state index in [1.807, 2.05) is 68.5 Å². The fourth-order valence-electron chi connectivity index (χ4n) is 4.85. The van der Waals surface area contributed by atoms with E-state index in [4.69, 9.17) is 14.2 Å². The number of carbonyl (C=O) groups excluding carboxylic acids is 1. The summed E-state index contributed by atoms with van der Waals surface area (Å²) in [6, 6.07) is 14.1. The summed E-state index contributed by atoms with van der Waals surface area (Å²) in [6.45, 7) is 4.96. The van der Waals surface area contributed by atoms with Crippen LogP contribution in [0.3, 0.4) is 0 Å². The number of hydrogen-bond donors (Lipinski definition) is 3. The Bertz CT molecular complexity index is 1370. The Morgan fingerprint density at radius 1 is 1.13 bits per heavy atom. The van der Waals surface area contributed by atoms with Crippen LogP contribution >= 0.6 is 0 Å². The Hall–Kier alpha value is -3.88. The van der Waals surface area contributed by atoms with Gasteiger partial charge in [0.05, 0.1) is 19.8 Å². The highest BCUT2D eigenvalue weighted by Gasteiger charge is 2.27. The molecule has 3 aromatic rings. The number of aryl methyl sites for hydroxylation is 1. The molecule has 0 fully saturated rings. The number of para-hydroxylation sites is 1. The predicted molar refractivity (Wildman–Crippen MR) is 146 cm³/mol. The molecule has 0 bridgehead atoms. The Labute approximate surface area is 222 Å². The summed E-state index contributed by atoms with van der Waals surface area (Å²) in [5, 5.41) is 13.4. The maximum Gasteiger partial charge on any atom is 0.326 e. The van der Waals surface area contributed by atoms with Crippen LogP contribution < -0.4 is 5.32 Å². The summed E-state index contributed by atoms with van der Waals surface area (Å²) in [7, 11) is 3.30. The number of aromatic amines is 1. The molecule has 1 aliphatic rings. The maximum atomic E-state index is 13.0. The number of ether oxygens (including phenoxy) is 3. The van der Waals surface area contributed by atoms with Crippen LogP contribution in [-0.4, -0.2) is 61.5 Å². The number of carbonyl (C=O) groups is 2. The summed E-state index contributed by atoms with van der Waals surface area (Å²) in [4.78, 5) is 28.1. The van der Waals surface area contributed by atoms with E-state index in [1.165, 1.54) is 0 Å². The van der Waals surface area contributed by atoms with Crippen LogP contribution in [0.5, 0.6) is 0 Å². The number of hydrogen-bond acceptors (Lipinski definition) is 5. The van der Waals surface area contributed by atoms with Gasteiger partial charge in [-0.2, -0.15) is 0 Å². The van der Waals surface area contributed by atoms with Crippen molar-refractivity contribution in [1.82, 2.24) is 10.3 Å². The van der Waals surface area contributed by atoms with Crippen molar-refractivity contribution in [2.75, 3.05) is 27.4 Å². The van der Waals surface area contributed by atoms with Crippen molar-refractivity contribution in [1.29, 1.82) is 0 Å². The van der Waals surface area contributed by atoms with Gasteiger partial charge >= 0.3 is 5.97 Å². The van der Waals surface area contributed by atoms with Crippen LogP contribution in [0.25, 0.3) is 16.5 Å². The summed E-state index contributed by atoms with van der Waals surface area (Å²) in [5.74, 6) is -0.827. The fraction of sp³-hybridized carbons (Fsp3) is 0.333. The second-order valence-electron chi connectivity index (χ2n) is 9.29. The minimum Gasteiger partial charge on any atom is -0.496 e. The Morgan fingerprint density at radius 3 is 2.50 bits per heavy atom. The number of carboxylic acids is 1. The van der Waals surface area contributed by atoms with Gasteiger partial charge in [0.2, 0.25) is 0 Å². The van der Waals surface area contributed by atoms with Gasteiger partial charge in [-0.3, -0.25) is 4.79 Å². The van der Waals surface area contributed by atoms with E-state index in [-0.39, 0.29) is 12.5 Å². The van der Waals surface area contributed by atoms with Crippen molar-refractivity contribution >= 4 is 28.4 Å². The third-order valence-electron chi connectivity index (χ3n) is 6.87. The van der Waals surface area contributed by atoms with Gasteiger partial charge in [-0.25, -0.2) is 4.79 Å². The van der Waals surface area contributed by atoms with Gasteiger partial charge in [0, 0.05) is 43.0 Å². The van der Waals surface area contributed by atoms with E-state index >= 15 is 0 Å². The summed E-state index contributed by atoms with van der Waals surface area (Å²) >= 11 is 0. The fourth-order valence-corrected chi connectivity index (χ4v) is 4.85. The van der Waals surface area contributed by atoms with Gasteiger partial charge in [-0.05, 0) is 48.3 Å². The molecule has 8 heteroatoms. The van der Waals surface area contributed by atoms with Crippen molar-refractivity contribution in [2.45, 2.75) is 38.8 Å². The number of carboxylic acid groups (broad SMARTS) is 1. The van der Waals surface area contributed by atoms with Crippen LogP contribution in [0.1, 0.15) is 40.5 Å². The van der Waals surface area contributed by atoms with Gasteiger partial charge in [0.15, 0.2) is 0 Å². The monoisotopic (exact) mass is 518 g/mol. The first-order valence-electron chi connectivity index (χ1n) is 12.6. The highest BCUT2D eigenvalue weighted by molar-refractivity contribution is 6.02. The van der Waals surface area contributed by atoms with Gasteiger partial charge in [0.1, 0.15) is 17.5 Å². The Morgan fingerprint density at radius 2 is 1.87 bits per heavy atom. The Balaban J connectivity index is 1.52. The number of nitrogens with one attached hydrogen (secondary N) is 2. The van der Waals surface area contributed by atoms with Crippen molar-refractivity contribution in [2.24, 2.45) is 0 Å². The smallest absolute Gasteiger partial charge is 0.326 e. The van der Waals surface area contributed by atoms with Gasteiger partial charge in [-0.15, -0.1) is 0 Å². The number of amides is 1. The average Bonchev–Trinajstić information content (AvgIpc) is 3.27. The maximum absolute atomic E-state index is 13.0. The van der Waals surface area contributed by atoms with Crippen LogP contribution in [-0.2, 0) is 25.4 Å². The Kier molecular flexibility index (Phi) is 8.66. The molecule has 3 N–H and O–H groups in total. The molecule has 1 aromatic heterocycles. The van der Waals surface area contributed by atoms with E-state index in [2.05, 4.69) is 10.3 Å². The standard InChI is InChI=1S/C30H34N2O6/c1-5-38-17-20-15-25(36-3)27(26(16-20)37-4)21-12-10-19(11-13-21)14-24(30(34)35)32-29(33)28-18(2)22-8-6-7-9-23(22)31-28/h6-13,15,24,26,31H,5,14,16-17H2,1-4H3,(H,32,33)(H,34,35). The number of H-pyrrole nitrogens is 1. The second kappa shape index (κ2) is 12.1. The molecule has 1 aliphatic carbocycles. The average molecular weight is 519 g/mol. The molecule has 38 heavy (non-hydrogen) atoms. The molecule has 4 rings (SSSR count). The molecular weight excluding hydrogens is 484 g/mol. The molecule has 0 radical (unpaired) electrons. The van der Waals surface area contributed by atoms with E-state index < -0.39 is 17.9 Å². The van der Waals surface area contributed by atoms with Crippen LogP contribution in [0.4, 0.5) is 0 Å². The zero-order valence-electron chi connectivity index (χ0n) is 22.2.